The molecular weight excluding hydrogens is 380 g/mol. The molecule has 3 unspecified atom stereocenters. The van der Waals surface area contributed by atoms with Crippen LogP contribution in [0, 0.1) is 17.3 Å². The second-order valence-corrected chi connectivity index (χ2v) is 9.58. The lowest BCUT2D eigenvalue weighted by atomic mass is 9.73. The molecule has 0 spiro atoms. The van der Waals surface area contributed by atoms with Crippen LogP contribution in [-0.4, -0.2) is 36.3 Å². The molecule has 0 radical (unpaired) electrons. The lowest BCUT2D eigenvalue weighted by Gasteiger charge is -2.42. The first kappa shape index (κ1) is 20.1. The molecule has 0 bridgehead atoms. The van der Waals surface area contributed by atoms with E-state index >= 15 is 0 Å². The van der Waals surface area contributed by atoms with Gasteiger partial charge < -0.3 is 10.2 Å². The zero-order valence-electron chi connectivity index (χ0n) is 17.3. The lowest BCUT2D eigenvalue weighted by Crippen LogP contribution is -2.54. The molecule has 2 amide bonds. The molecule has 29 heavy (non-hydrogen) atoms. The van der Waals surface area contributed by atoms with E-state index in [1.54, 1.807) is 11.3 Å². The van der Waals surface area contributed by atoms with Crippen LogP contribution in [0.2, 0.25) is 0 Å². The van der Waals surface area contributed by atoms with Crippen molar-refractivity contribution in [2.75, 3.05) is 19.6 Å². The largest absolute Gasteiger partial charge is 0.356 e. The number of likely N-dealkylation sites (tertiary alicyclic amines) is 1. The van der Waals surface area contributed by atoms with E-state index in [4.69, 9.17) is 0 Å². The Bertz CT molecular complexity index is 879. The number of thiophene rings is 1. The molecule has 1 aromatic heterocycles. The van der Waals surface area contributed by atoms with Crippen LogP contribution in [0.15, 0.2) is 41.8 Å². The number of nitrogens with zero attached hydrogens (tertiary/aromatic N) is 1. The quantitative estimate of drug-likeness (QED) is 0.769. The Labute approximate surface area is 177 Å². The highest BCUT2D eigenvalue weighted by Gasteiger charge is 2.47. The average molecular weight is 411 g/mol. The van der Waals surface area contributed by atoms with Crippen molar-refractivity contribution in [1.82, 2.24) is 10.2 Å². The highest BCUT2D eigenvalue weighted by atomic mass is 32.1. The van der Waals surface area contributed by atoms with Gasteiger partial charge >= 0.3 is 0 Å². The first-order chi connectivity index (χ1) is 14.0. The second-order valence-electron chi connectivity index (χ2n) is 8.63. The van der Waals surface area contributed by atoms with Crippen LogP contribution in [0.25, 0.3) is 10.4 Å². The van der Waals surface area contributed by atoms with Crippen LogP contribution in [0.4, 0.5) is 0 Å². The van der Waals surface area contributed by atoms with Gasteiger partial charge in [0.05, 0.1) is 5.41 Å². The molecule has 4 nitrogen and oxygen atoms in total. The monoisotopic (exact) mass is 410 g/mol. The topological polar surface area (TPSA) is 49.4 Å². The summed E-state index contributed by atoms with van der Waals surface area (Å²) in [4.78, 5) is 29.4. The second kappa shape index (κ2) is 8.31. The van der Waals surface area contributed by atoms with E-state index in [0.29, 0.717) is 25.4 Å². The molecule has 2 heterocycles. The Hall–Kier alpha value is -2.14. The number of carbonyl (C=O) groups is 2. The summed E-state index contributed by atoms with van der Waals surface area (Å²) in [5, 5.41) is 5.16. The molecule has 1 aliphatic heterocycles. The molecule has 1 aliphatic carbocycles. The molecule has 154 valence electrons. The summed E-state index contributed by atoms with van der Waals surface area (Å²) in [6.45, 7) is 6.01. The number of carbonyl (C=O) groups excluding carboxylic acids is 2. The van der Waals surface area contributed by atoms with Crippen molar-refractivity contribution in [3.63, 3.8) is 0 Å². The summed E-state index contributed by atoms with van der Waals surface area (Å²) in [5.41, 5.74) is 1.83. The molecule has 1 N–H and O–H groups in total. The molecule has 2 fully saturated rings. The Morgan fingerprint density at radius 2 is 2.03 bits per heavy atom. The van der Waals surface area contributed by atoms with Crippen molar-refractivity contribution in [3.8, 4) is 10.4 Å². The van der Waals surface area contributed by atoms with Crippen molar-refractivity contribution < 1.29 is 9.59 Å². The summed E-state index contributed by atoms with van der Waals surface area (Å²) in [6, 6.07) is 12.6. The number of benzene rings is 1. The number of rotatable bonds is 6. The Kier molecular flexibility index (Phi) is 5.77. The minimum Gasteiger partial charge on any atom is -0.356 e. The molecule has 4 rings (SSSR count). The van der Waals surface area contributed by atoms with Gasteiger partial charge in [0.2, 0.25) is 11.8 Å². The SMILES string of the molecule is CCNC(=O)C1(Cc2ccccc2-c2cccs2)CCCN(C(=O)C2CC2C)C1. The third kappa shape index (κ3) is 4.11. The summed E-state index contributed by atoms with van der Waals surface area (Å²) in [6.07, 6.45) is 3.36. The first-order valence-corrected chi connectivity index (χ1v) is 11.6. The molecule has 1 aromatic carbocycles. The van der Waals surface area contributed by atoms with Crippen LogP contribution < -0.4 is 5.32 Å². The van der Waals surface area contributed by atoms with E-state index in [1.807, 2.05) is 11.8 Å². The van der Waals surface area contributed by atoms with E-state index in [1.165, 1.54) is 16.0 Å². The minimum absolute atomic E-state index is 0.0855. The van der Waals surface area contributed by atoms with Gasteiger partial charge in [-0.15, -0.1) is 11.3 Å². The average Bonchev–Trinajstić information content (AvgIpc) is 3.22. The zero-order chi connectivity index (χ0) is 20.4. The molecule has 2 aromatic rings. The van der Waals surface area contributed by atoms with Crippen LogP contribution in [0.1, 0.15) is 38.7 Å². The predicted octanol–water partition coefficient (Wildman–Crippen LogP) is 4.36. The van der Waals surface area contributed by atoms with E-state index in [9.17, 15) is 9.59 Å². The summed E-state index contributed by atoms with van der Waals surface area (Å²) < 4.78 is 0. The third-order valence-corrected chi connectivity index (χ3v) is 7.37. The fourth-order valence-electron chi connectivity index (χ4n) is 4.69. The van der Waals surface area contributed by atoms with Crippen molar-refractivity contribution in [1.29, 1.82) is 0 Å². The molecule has 5 heteroatoms. The van der Waals surface area contributed by atoms with Gasteiger partial charge in [0.25, 0.3) is 0 Å². The highest BCUT2D eigenvalue weighted by molar-refractivity contribution is 7.13. The van der Waals surface area contributed by atoms with E-state index in [0.717, 1.165) is 25.8 Å². The van der Waals surface area contributed by atoms with Gasteiger partial charge in [-0.3, -0.25) is 9.59 Å². The van der Waals surface area contributed by atoms with Crippen LogP contribution in [0.3, 0.4) is 0 Å². The normalized spacial score (nSPS) is 26.2. The van der Waals surface area contributed by atoms with Crippen molar-refractivity contribution in [3.05, 3.63) is 47.3 Å². The standard InChI is InChI=1S/C24H30N2O2S/c1-3-25-23(28)24(11-7-12-26(16-24)22(27)20-14-17(20)2)15-18-8-4-5-9-19(18)21-10-6-13-29-21/h4-6,8-10,13,17,20H,3,7,11-12,14-16H2,1-2H3,(H,25,28). The summed E-state index contributed by atoms with van der Waals surface area (Å²) in [5.74, 6) is 0.987. The summed E-state index contributed by atoms with van der Waals surface area (Å²) in [7, 11) is 0. The van der Waals surface area contributed by atoms with Gasteiger partial charge in [0.15, 0.2) is 0 Å². The maximum atomic E-state index is 13.3. The molecule has 1 saturated heterocycles. The van der Waals surface area contributed by atoms with Gasteiger partial charge in [-0.1, -0.05) is 37.3 Å². The number of piperidine rings is 1. The molecular formula is C24H30N2O2S. The van der Waals surface area contributed by atoms with Crippen molar-refractivity contribution >= 4 is 23.2 Å². The molecule has 1 saturated carbocycles. The Morgan fingerprint density at radius 3 is 2.72 bits per heavy atom. The zero-order valence-corrected chi connectivity index (χ0v) is 18.1. The van der Waals surface area contributed by atoms with Crippen molar-refractivity contribution in [2.45, 2.75) is 39.5 Å². The number of hydrogen-bond donors (Lipinski definition) is 1. The van der Waals surface area contributed by atoms with E-state index in [-0.39, 0.29) is 17.7 Å². The maximum Gasteiger partial charge on any atom is 0.228 e. The number of nitrogens with one attached hydrogen (secondary N) is 1. The van der Waals surface area contributed by atoms with Gasteiger partial charge in [-0.05, 0) is 61.1 Å². The van der Waals surface area contributed by atoms with Gasteiger partial charge in [-0.25, -0.2) is 0 Å². The number of amides is 2. The van der Waals surface area contributed by atoms with Crippen LogP contribution in [0.5, 0.6) is 0 Å². The highest BCUT2D eigenvalue weighted by Crippen LogP contribution is 2.42. The van der Waals surface area contributed by atoms with Crippen molar-refractivity contribution in [2.24, 2.45) is 17.3 Å². The lowest BCUT2D eigenvalue weighted by molar-refractivity contribution is -0.142. The maximum absolute atomic E-state index is 13.3. The Balaban J connectivity index is 1.64. The van der Waals surface area contributed by atoms with Gasteiger partial charge in [-0.2, -0.15) is 0 Å². The summed E-state index contributed by atoms with van der Waals surface area (Å²) >= 11 is 1.72. The smallest absolute Gasteiger partial charge is 0.228 e. The predicted molar refractivity (Wildman–Crippen MR) is 118 cm³/mol. The van der Waals surface area contributed by atoms with Gasteiger partial charge in [0.1, 0.15) is 0 Å². The van der Waals surface area contributed by atoms with Crippen LogP contribution in [-0.2, 0) is 16.0 Å². The molecule has 2 aliphatic rings. The van der Waals surface area contributed by atoms with Crippen LogP contribution >= 0.6 is 11.3 Å². The van der Waals surface area contributed by atoms with E-state index < -0.39 is 5.41 Å². The first-order valence-electron chi connectivity index (χ1n) is 10.7. The minimum atomic E-state index is -0.560. The fraction of sp³-hybridized carbons (Fsp3) is 0.500. The van der Waals surface area contributed by atoms with E-state index in [2.05, 4.69) is 54.0 Å². The Morgan fingerprint density at radius 1 is 1.24 bits per heavy atom. The fourth-order valence-corrected chi connectivity index (χ4v) is 5.48. The molecule has 3 atom stereocenters. The third-order valence-electron chi connectivity index (χ3n) is 6.47. The van der Waals surface area contributed by atoms with Gasteiger partial charge in [0, 0.05) is 30.4 Å². The number of hydrogen-bond acceptors (Lipinski definition) is 3.